The van der Waals surface area contributed by atoms with Crippen molar-refractivity contribution in [2.75, 3.05) is 5.32 Å². The van der Waals surface area contributed by atoms with E-state index in [9.17, 15) is 4.79 Å². The first-order valence-corrected chi connectivity index (χ1v) is 6.03. The molecule has 0 saturated carbocycles. The third-order valence-electron chi connectivity index (χ3n) is 3.07. The second-order valence-corrected chi connectivity index (χ2v) is 4.40. The summed E-state index contributed by atoms with van der Waals surface area (Å²) in [4.78, 5) is 10.7. The Morgan fingerprint density at radius 3 is 2.89 bits per heavy atom. The largest absolute Gasteiger partial charge is 0.327 e. The van der Waals surface area contributed by atoms with E-state index in [0.29, 0.717) is 6.41 Å². The molecule has 0 saturated heterocycles. The summed E-state index contributed by atoms with van der Waals surface area (Å²) in [7, 11) is 0. The monoisotopic (exact) mass is 251 g/mol. The highest BCUT2D eigenvalue weighted by Crippen LogP contribution is 2.24. The molecular formula is C15H13N3O. The van der Waals surface area contributed by atoms with Gasteiger partial charge in [0.2, 0.25) is 6.41 Å². The molecule has 3 aromatic rings. The van der Waals surface area contributed by atoms with Crippen LogP contribution in [-0.4, -0.2) is 16.2 Å². The van der Waals surface area contributed by atoms with Crippen molar-refractivity contribution in [3.8, 4) is 5.69 Å². The second-order valence-electron chi connectivity index (χ2n) is 4.40. The minimum Gasteiger partial charge on any atom is -0.327 e. The normalized spacial score (nSPS) is 10.6. The number of hydrogen-bond acceptors (Lipinski definition) is 2. The molecule has 0 spiro atoms. The van der Waals surface area contributed by atoms with Crippen LogP contribution in [0.15, 0.2) is 48.7 Å². The van der Waals surface area contributed by atoms with Crippen LogP contribution in [0.5, 0.6) is 0 Å². The Bertz CT molecular complexity index is 746. The molecule has 1 N–H and O–H groups in total. The third kappa shape index (κ3) is 1.97. The Morgan fingerprint density at radius 1 is 1.21 bits per heavy atom. The molecule has 0 atom stereocenters. The van der Waals surface area contributed by atoms with Gasteiger partial charge < -0.3 is 5.32 Å². The Labute approximate surface area is 110 Å². The van der Waals surface area contributed by atoms with Gasteiger partial charge in [-0.05, 0) is 30.7 Å². The lowest BCUT2D eigenvalue weighted by Gasteiger charge is -2.09. The maximum Gasteiger partial charge on any atom is 0.211 e. The van der Waals surface area contributed by atoms with E-state index in [4.69, 9.17) is 0 Å². The molecule has 3 rings (SSSR count). The predicted molar refractivity (Wildman–Crippen MR) is 75.5 cm³/mol. The molecule has 4 heteroatoms. The van der Waals surface area contributed by atoms with Crippen molar-refractivity contribution in [3.05, 3.63) is 54.2 Å². The quantitative estimate of drug-likeness (QED) is 0.727. The first kappa shape index (κ1) is 11.5. The number of aromatic nitrogens is 2. The number of amides is 1. The first-order chi connectivity index (χ1) is 9.29. The zero-order valence-corrected chi connectivity index (χ0v) is 10.5. The van der Waals surface area contributed by atoms with Crippen molar-refractivity contribution in [2.45, 2.75) is 6.92 Å². The average Bonchev–Trinajstić information content (AvgIpc) is 2.82. The first-order valence-electron chi connectivity index (χ1n) is 6.03. The topological polar surface area (TPSA) is 46.9 Å². The summed E-state index contributed by atoms with van der Waals surface area (Å²) in [6, 6.07) is 13.8. The van der Waals surface area contributed by atoms with Gasteiger partial charge in [-0.15, -0.1) is 0 Å². The highest BCUT2D eigenvalue weighted by Gasteiger charge is 2.08. The Hall–Kier alpha value is -2.62. The van der Waals surface area contributed by atoms with Crippen LogP contribution in [0, 0.1) is 6.92 Å². The highest BCUT2D eigenvalue weighted by molar-refractivity contribution is 5.84. The molecule has 0 aliphatic carbocycles. The van der Waals surface area contributed by atoms with Crippen LogP contribution in [0.1, 0.15) is 5.56 Å². The highest BCUT2D eigenvalue weighted by atomic mass is 16.1. The van der Waals surface area contributed by atoms with Gasteiger partial charge in [0.15, 0.2) is 0 Å². The fourth-order valence-corrected chi connectivity index (χ4v) is 2.16. The van der Waals surface area contributed by atoms with Gasteiger partial charge >= 0.3 is 0 Å². The molecule has 0 aliphatic rings. The lowest BCUT2D eigenvalue weighted by atomic mass is 10.2. The predicted octanol–water partition coefficient (Wildman–Crippen LogP) is 2.90. The molecule has 0 aliphatic heterocycles. The summed E-state index contributed by atoms with van der Waals surface area (Å²) < 4.78 is 1.84. The standard InChI is InChI=1S/C15H13N3O/c1-11-6-7-12-9-17-18(15(12)8-11)14-5-3-2-4-13(14)16-10-19/h2-10H,1H3,(H,16,19). The van der Waals surface area contributed by atoms with Gasteiger partial charge in [-0.1, -0.05) is 24.3 Å². The number of fused-ring (bicyclic) bond motifs is 1. The van der Waals surface area contributed by atoms with Crippen LogP contribution >= 0.6 is 0 Å². The molecule has 1 amide bonds. The van der Waals surface area contributed by atoms with Crippen LogP contribution in [-0.2, 0) is 4.79 Å². The Kier molecular flexibility index (Phi) is 2.76. The summed E-state index contributed by atoms with van der Waals surface area (Å²) in [5.41, 5.74) is 3.80. The lowest BCUT2D eigenvalue weighted by molar-refractivity contribution is -0.105. The number of nitrogens with one attached hydrogen (secondary N) is 1. The molecule has 0 fully saturated rings. The number of hydrogen-bond donors (Lipinski definition) is 1. The van der Waals surface area contributed by atoms with Crippen molar-refractivity contribution >= 4 is 23.0 Å². The SMILES string of the molecule is Cc1ccc2cnn(-c3ccccc3NC=O)c2c1. The number of carbonyl (C=O) groups excluding carboxylic acids is 1. The van der Waals surface area contributed by atoms with Gasteiger partial charge in [0, 0.05) is 5.39 Å². The van der Waals surface area contributed by atoms with E-state index < -0.39 is 0 Å². The van der Waals surface area contributed by atoms with Gasteiger partial charge in [-0.25, -0.2) is 4.68 Å². The van der Waals surface area contributed by atoms with E-state index in [2.05, 4.69) is 22.5 Å². The molecule has 19 heavy (non-hydrogen) atoms. The number of nitrogens with zero attached hydrogens (tertiary/aromatic N) is 2. The number of para-hydroxylation sites is 2. The zero-order valence-electron chi connectivity index (χ0n) is 10.5. The summed E-state index contributed by atoms with van der Waals surface area (Å²) >= 11 is 0. The van der Waals surface area contributed by atoms with E-state index in [-0.39, 0.29) is 0 Å². The van der Waals surface area contributed by atoms with Gasteiger partial charge in [0.1, 0.15) is 0 Å². The number of carbonyl (C=O) groups is 1. The Balaban J connectivity index is 2.24. The van der Waals surface area contributed by atoms with E-state index in [0.717, 1.165) is 22.3 Å². The second kappa shape index (κ2) is 4.57. The lowest BCUT2D eigenvalue weighted by Crippen LogP contribution is -2.03. The molecular weight excluding hydrogens is 238 g/mol. The smallest absolute Gasteiger partial charge is 0.211 e. The maximum atomic E-state index is 10.7. The fraction of sp³-hybridized carbons (Fsp3) is 0.0667. The van der Waals surface area contributed by atoms with E-state index >= 15 is 0 Å². The number of aryl methyl sites for hydroxylation is 1. The summed E-state index contributed by atoms with van der Waals surface area (Å²) in [5, 5.41) is 8.19. The fourth-order valence-electron chi connectivity index (χ4n) is 2.16. The van der Waals surface area contributed by atoms with E-state index in [1.807, 2.05) is 48.1 Å². The summed E-state index contributed by atoms with van der Waals surface area (Å²) in [6.45, 7) is 2.05. The van der Waals surface area contributed by atoms with Gasteiger partial charge in [-0.3, -0.25) is 4.79 Å². The van der Waals surface area contributed by atoms with Crippen molar-refractivity contribution < 1.29 is 4.79 Å². The minimum absolute atomic E-state index is 0.676. The van der Waals surface area contributed by atoms with Gasteiger partial charge in [0.25, 0.3) is 0 Å². The molecule has 1 aromatic heterocycles. The minimum atomic E-state index is 0.676. The molecule has 1 heterocycles. The van der Waals surface area contributed by atoms with Crippen LogP contribution in [0.4, 0.5) is 5.69 Å². The van der Waals surface area contributed by atoms with Gasteiger partial charge in [0.05, 0.1) is 23.1 Å². The molecule has 0 radical (unpaired) electrons. The van der Waals surface area contributed by atoms with Crippen molar-refractivity contribution in [1.82, 2.24) is 9.78 Å². The van der Waals surface area contributed by atoms with Crippen LogP contribution < -0.4 is 5.32 Å². The average molecular weight is 251 g/mol. The van der Waals surface area contributed by atoms with Crippen LogP contribution in [0.3, 0.4) is 0 Å². The van der Waals surface area contributed by atoms with Crippen molar-refractivity contribution in [1.29, 1.82) is 0 Å². The molecule has 4 nitrogen and oxygen atoms in total. The summed E-state index contributed by atoms with van der Waals surface area (Å²) in [6.07, 6.45) is 2.50. The number of anilines is 1. The molecule has 0 bridgehead atoms. The third-order valence-corrected chi connectivity index (χ3v) is 3.07. The molecule has 0 unspecified atom stereocenters. The molecule has 2 aromatic carbocycles. The van der Waals surface area contributed by atoms with E-state index in [1.165, 1.54) is 5.56 Å². The van der Waals surface area contributed by atoms with Crippen LogP contribution in [0.2, 0.25) is 0 Å². The maximum absolute atomic E-state index is 10.7. The van der Waals surface area contributed by atoms with Crippen molar-refractivity contribution in [2.24, 2.45) is 0 Å². The summed E-state index contributed by atoms with van der Waals surface area (Å²) in [5.74, 6) is 0. The van der Waals surface area contributed by atoms with Crippen LogP contribution in [0.25, 0.3) is 16.6 Å². The van der Waals surface area contributed by atoms with Crippen molar-refractivity contribution in [3.63, 3.8) is 0 Å². The number of rotatable bonds is 3. The van der Waals surface area contributed by atoms with E-state index in [1.54, 1.807) is 0 Å². The Morgan fingerprint density at radius 2 is 2.05 bits per heavy atom. The van der Waals surface area contributed by atoms with Gasteiger partial charge in [-0.2, -0.15) is 5.10 Å². The zero-order chi connectivity index (χ0) is 13.2. The number of benzene rings is 2. The molecule has 94 valence electrons.